The molecule has 0 N–H and O–H groups in total. The lowest BCUT2D eigenvalue weighted by Crippen LogP contribution is -2.14. The third kappa shape index (κ3) is 3.74. The fourth-order valence-electron chi connectivity index (χ4n) is 2.51. The van der Waals surface area contributed by atoms with E-state index in [-0.39, 0.29) is 0 Å². The fourth-order valence-corrected chi connectivity index (χ4v) is 2.68. The average Bonchev–Trinajstić information content (AvgIpc) is 2.72. The van der Waals surface area contributed by atoms with Crippen molar-refractivity contribution in [2.45, 2.75) is 32.7 Å². The molecule has 1 aromatic heterocycles. The third-order valence-electron chi connectivity index (χ3n) is 3.54. The van der Waals surface area contributed by atoms with Crippen LogP contribution in [0.25, 0.3) is 11.0 Å². The van der Waals surface area contributed by atoms with Gasteiger partial charge in [-0.2, -0.15) is 0 Å². The highest BCUT2D eigenvalue weighted by molar-refractivity contribution is 6.17. The maximum absolute atomic E-state index is 5.91. The zero-order valence-electron chi connectivity index (χ0n) is 12.7. The van der Waals surface area contributed by atoms with Crippen molar-refractivity contribution in [3.63, 3.8) is 0 Å². The van der Waals surface area contributed by atoms with Gasteiger partial charge in [-0.3, -0.25) is 0 Å². The van der Waals surface area contributed by atoms with E-state index in [2.05, 4.69) is 48.7 Å². The number of halogens is 1. The lowest BCUT2D eigenvalue weighted by atomic mass is 10.2. The Hall–Kier alpha value is -1.06. The first-order valence-corrected chi connectivity index (χ1v) is 7.81. The van der Waals surface area contributed by atoms with Gasteiger partial charge in [0.05, 0.1) is 11.0 Å². The normalized spacial score (nSPS) is 11.7. The van der Waals surface area contributed by atoms with Crippen molar-refractivity contribution in [3.05, 3.63) is 29.6 Å². The SMILES string of the molecule is Cc1ccc2c(c1)nc(CCCl)n2CCCCN(C)C. The van der Waals surface area contributed by atoms with Crippen molar-refractivity contribution in [2.24, 2.45) is 0 Å². The number of imidazole rings is 1. The lowest BCUT2D eigenvalue weighted by molar-refractivity contribution is 0.387. The van der Waals surface area contributed by atoms with Crippen LogP contribution in [0.3, 0.4) is 0 Å². The second-order valence-electron chi connectivity index (χ2n) is 5.62. The summed E-state index contributed by atoms with van der Waals surface area (Å²) < 4.78 is 2.34. The molecule has 0 saturated heterocycles. The average molecular weight is 294 g/mol. The van der Waals surface area contributed by atoms with Crippen molar-refractivity contribution < 1.29 is 0 Å². The molecule has 3 nitrogen and oxygen atoms in total. The second-order valence-corrected chi connectivity index (χ2v) is 6.00. The maximum Gasteiger partial charge on any atom is 0.111 e. The molecule has 0 radical (unpaired) electrons. The molecule has 0 bridgehead atoms. The summed E-state index contributed by atoms with van der Waals surface area (Å²) in [6.45, 7) is 4.27. The molecular formula is C16H24ClN3. The van der Waals surface area contributed by atoms with Crippen molar-refractivity contribution in [1.29, 1.82) is 0 Å². The lowest BCUT2D eigenvalue weighted by Gasteiger charge is -2.11. The van der Waals surface area contributed by atoms with Crippen molar-refractivity contribution in [3.8, 4) is 0 Å². The molecule has 0 atom stereocenters. The van der Waals surface area contributed by atoms with Crippen LogP contribution < -0.4 is 0 Å². The van der Waals surface area contributed by atoms with Crippen LogP contribution in [0.5, 0.6) is 0 Å². The van der Waals surface area contributed by atoms with Gasteiger partial charge in [-0.25, -0.2) is 4.98 Å². The van der Waals surface area contributed by atoms with Crippen LogP contribution in [-0.2, 0) is 13.0 Å². The Kier molecular flexibility index (Phi) is 5.44. The van der Waals surface area contributed by atoms with Gasteiger partial charge in [0.15, 0.2) is 0 Å². The molecule has 0 spiro atoms. The first-order chi connectivity index (χ1) is 9.61. The predicted molar refractivity (Wildman–Crippen MR) is 86.7 cm³/mol. The number of benzene rings is 1. The summed E-state index contributed by atoms with van der Waals surface area (Å²) in [7, 11) is 4.24. The number of fused-ring (bicyclic) bond motifs is 1. The molecule has 0 aliphatic carbocycles. The number of rotatable bonds is 7. The van der Waals surface area contributed by atoms with E-state index in [1.165, 1.54) is 23.9 Å². The van der Waals surface area contributed by atoms with Crippen LogP contribution in [0.1, 0.15) is 24.2 Å². The van der Waals surface area contributed by atoms with Crippen LogP contribution in [0, 0.1) is 6.92 Å². The van der Waals surface area contributed by atoms with Crippen LogP contribution in [0.2, 0.25) is 0 Å². The molecule has 2 rings (SSSR count). The number of aromatic nitrogens is 2. The van der Waals surface area contributed by atoms with Gasteiger partial charge in [-0.05, 0) is 58.1 Å². The zero-order chi connectivity index (χ0) is 14.5. The van der Waals surface area contributed by atoms with Crippen LogP contribution in [-0.4, -0.2) is 41.0 Å². The Morgan fingerprint density at radius 2 is 2.05 bits per heavy atom. The van der Waals surface area contributed by atoms with Gasteiger partial charge in [-0.1, -0.05) is 6.07 Å². The molecule has 0 fully saturated rings. The Labute approximate surface area is 126 Å². The number of alkyl halides is 1. The summed E-state index contributed by atoms with van der Waals surface area (Å²) >= 11 is 5.91. The van der Waals surface area contributed by atoms with E-state index in [4.69, 9.17) is 16.6 Å². The van der Waals surface area contributed by atoms with Crippen molar-refractivity contribution >= 4 is 22.6 Å². The predicted octanol–water partition coefficient (Wildman–Crippen LogP) is 3.47. The summed E-state index contributed by atoms with van der Waals surface area (Å²) in [5.41, 5.74) is 3.59. The first-order valence-electron chi connectivity index (χ1n) is 7.28. The minimum Gasteiger partial charge on any atom is -0.328 e. The minimum atomic E-state index is 0.625. The molecular weight excluding hydrogens is 270 g/mol. The standard InChI is InChI=1S/C16H24ClN3/c1-13-6-7-15-14(12-13)18-16(8-9-17)20(15)11-5-4-10-19(2)3/h6-7,12H,4-5,8-11H2,1-3H3. The topological polar surface area (TPSA) is 21.1 Å². The zero-order valence-corrected chi connectivity index (χ0v) is 13.5. The van der Waals surface area contributed by atoms with Gasteiger partial charge in [-0.15, -0.1) is 11.6 Å². The van der Waals surface area contributed by atoms with E-state index in [1.807, 2.05) is 0 Å². The quantitative estimate of drug-likeness (QED) is 0.576. The molecule has 20 heavy (non-hydrogen) atoms. The highest BCUT2D eigenvalue weighted by Gasteiger charge is 2.10. The van der Waals surface area contributed by atoms with E-state index in [1.54, 1.807) is 0 Å². The van der Waals surface area contributed by atoms with Crippen molar-refractivity contribution in [2.75, 3.05) is 26.5 Å². The summed E-state index contributed by atoms with van der Waals surface area (Å²) in [5, 5.41) is 0. The van der Waals surface area contributed by atoms with E-state index >= 15 is 0 Å². The Morgan fingerprint density at radius 1 is 1.25 bits per heavy atom. The summed E-state index contributed by atoms with van der Waals surface area (Å²) in [6, 6.07) is 6.50. The Balaban J connectivity index is 2.17. The molecule has 4 heteroatoms. The second kappa shape index (κ2) is 7.09. The van der Waals surface area contributed by atoms with Gasteiger partial charge >= 0.3 is 0 Å². The minimum absolute atomic E-state index is 0.625. The molecule has 2 aromatic rings. The fraction of sp³-hybridized carbons (Fsp3) is 0.562. The van der Waals surface area contributed by atoms with Crippen LogP contribution in [0.4, 0.5) is 0 Å². The van der Waals surface area contributed by atoms with E-state index in [0.29, 0.717) is 5.88 Å². The summed E-state index contributed by atoms with van der Waals surface area (Å²) in [5.74, 6) is 1.74. The van der Waals surface area contributed by atoms with E-state index in [9.17, 15) is 0 Å². The van der Waals surface area contributed by atoms with Gasteiger partial charge in [0, 0.05) is 18.8 Å². The van der Waals surface area contributed by atoms with E-state index < -0.39 is 0 Å². The summed E-state index contributed by atoms with van der Waals surface area (Å²) in [6.07, 6.45) is 3.22. The number of hydrogen-bond acceptors (Lipinski definition) is 2. The number of nitrogens with zero attached hydrogens (tertiary/aromatic N) is 3. The molecule has 110 valence electrons. The first kappa shape index (κ1) is 15.3. The van der Waals surface area contributed by atoms with E-state index in [0.717, 1.165) is 30.9 Å². The summed E-state index contributed by atoms with van der Waals surface area (Å²) in [4.78, 5) is 6.98. The Bertz CT molecular complexity index is 560. The molecule has 1 aromatic carbocycles. The number of unbranched alkanes of at least 4 members (excludes halogenated alkanes) is 1. The molecule has 0 saturated carbocycles. The smallest absolute Gasteiger partial charge is 0.111 e. The maximum atomic E-state index is 5.91. The monoisotopic (exact) mass is 293 g/mol. The molecule has 1 heterocycles. The van der Waals surface area contributed by atoms with Gasteiger partial charge in [0.1, 0.15) is 5.82 Å². The largest absolute Gasteiger partial charge is 0.328 e. The molecule has 0 unspecified atom stereocenters. The van der Waals surface area contributed by atoms with Crippen molar-refractivity contribution in [1.82, 2.24) is 14.5 Å². The highest BCUT2D eigenvalue weighted by Crippen LogP contribution is 2.19. The molecule has 0 aliphatic rings. The molecule has 0 aliphatic heterocycles. The van der Waals surface area contributed by atoms with Gasteiger partial charge < -0.3 is 9.47 Å². The Morgan fingerprint density at radius 3 is 2.75 bits per heavy atom. The molecule has 0 amide bonds. The van der Waals surface area contributed by atoms with Gasteiger partial charge in [0.25, 0.3) is 0 Å². The number of hydrogen-bond donors (Lipinski definition) is 0. The van der Waals surface area contributed by atoms with Gasteiger partial charge in [0.2, 0.25) is 0 Å². The highest BCUT2D eigenvalue weighted by atomic mass is 35.5. The van der Waals surface area contributed by atoms with Crippen LogP contribution >= 0.6 is 11.6 Å². The van der Waals surface area contributed by atoms with Crippen LogP contribution in [0.15, 0.2) is 18.2 Å². The third-order valence-corrected chi connectivity index (χ3v) is 3.73. The number of aryl methyl sites for hydroxylation is 3.